The SMILES string of the molecule is O=C1c2c(Cl)c(Cl)c(Cl)c(Cl)c2C(=O)N1Cc1nc(-c2ccco2)no1. The van der Waals surface area contributed by atoms with E-state index in [9.17, 15) is 9.59 Å². The molecule has 3 heterocycles. The van der Waals surface area contributed by atoms with Crippen LogP contribution in [0.5, 0.6) is 0 Å². The molecule has 0 N–H and O–H groups in total. The van der Waals surface area contributed by atoms with Gasteiger partial charge in [-0.3, -0.25) is 14.5 Å². The summed E-state index contributed by atoms with van der Waals surface area (Å²) in [4.78, 5) is 30.2. The average Bonchev–Trinajstić information content (AvgIpc) is 3.34. The molecular weight excluding hydrogens is 428 g/mol. The van der Waals surface area contributed by atoms with Crippen LogP contribution < -0.4 is 0 Å². The summed E-state index contributed by atoms with van der Waals surface area (Å²) in [5.41, 5.74) is -0.219. The molecule has 2 amide bonds. The molecule has 0 atom stereocenters. The highest BCUT2D eigenvalue weighted by molar-refractivity contribution is 6.55. The maximum atomic E-state index is 12.6. The lowest BCUT2D eigenvalue weighted by Gasteiger charge is -2.10. The molecule has 0 bridgehead atoms. The van der Waals surface area contributed by atoms with Crippen molar-refractivity contribution in [1.82, 2.24) is 15.0 Å². The molecule has 3 aromatic rings. The molecule has 132 valence electrons. The minimum Gasteiger partial charge on any atom is -0.461 e. The summed E-state index contributed by atoms with van der Waals surface area (Å²) in [6.45, 7) is -0.276. The van der Waals surface area contributed by atoms with Gasteiger partial charge in [0, 0.05) is 0 Å². The standard InChI is InChI=1S/C15H5Cl4N3O4/c16-9-7-8(10(17)12(19)11(9)18)15(24)22(14(7)23)4-6-20-13(21-26-6)5-2-1-3-25-5/h1-3H,4H2. The average molecular weight is 433 g/mol. The number of carbonyl (C=O) groups excluding carboxylic acids is 2. The summed E-state index contributed by atoms with van der Waals surface area (Å²) in [6.07, 6.45) is 1.45. The van der Waals surface area contributed by atoms with E-state index in [1.54, 1.807) is 12.1 Å². The summed E-state index contributed by atoms with van der Waals surface area (Å²) >= 11 is 24.1. The summed E-state index contributed by atoms with van der Waals surface area (Å²) in [5, 5.41) is 3.26. The van der Waals surface area contributed by atoms with Gasteiger partial charge in [-0.2, -0.15) is 4.98 Å². The van der Waals surface area contributed by atoms with Crippen LogP contribution in [0.4, 0.5) is 0 Å². The van der Waals surface area contributed by atoms with Crippen molar-refractivity contribution in [3.8, 4) is 11.6 Å². The molecule has 1 aliphatic rings. The van der Waals surface area contributed by atoms with Crippen LogP contribution >= 0.6 is 46.4 Å². The molecule has 0 saturated heterocycles. The second-order valence-electron chi connectivity index (χ2n) is 5.19. The van der Waals surface area contributed by atoms with Gasteiger partial charge >= 0.3 is 0 Å². The predicted molar refractivity (Wildman–Crippen MR) is 92.7 cm³/mol. The van der Waals surface area contributed by atoms with Crippen LogP contribution in [0.15, 0.2) is 27.3 Å². The zero-order valence-electron chi connectivity index (χ0n) is 12.4. The third-order valence-corrected chi connectivity index (χ3v) is 5.49. The monoisotopic (exact) mass is 431 g/mol. The quantitative estimate of drug-likeness (QED) is 0.337. The van der Waals surface area contributed by atoms with Crippen molar-refractivity contribution in [1.29, 1.82) is 0 Å². The normalized spacial score (nSPS) is 13.6. The van der Waals surface area contributed by atoms with Crippen LogP contribution in [0.2, 0.25) is 20.1 Å². The van der Waals surface area contributed by atoms with Gasteiger partial charge in [-0.25, -0.2) is 0 Å². The first-order valence-electron chi connectivity index (χ1n) is 6.98. The number of furan rings is 1. The number of hydrogen-bond acceptors (Lipinski definition) is 6. The number of aromatic nitrogens is 2. The van der Waals surface area contributed by atoms with Gasteiger partial charge in [-0.05, 0) is 12.1 Å². The van der Waals surface area contributed by atoms with Gasteiger partial charge in [0.1, 0.15) is 6.54 Å². The number of halogens is 4. The molecular formula is C15H5Cl4N3O4. The van der Waals surface area contributed by atoms with Crippen LogP contribution in [0.3, 0.4) is 0 Å². The number of hydrogen-bond donors (Lipinski definition) is 0. The van der Waals surface area contributed by atoms with E-state index in [1.807, 2.05) is 0 Å². The number of nitrogens with zero attached hydrogens (tertiary/aromatic N) is 3. The van der Waals surface area contributed by atoms with E-state index in [2.05, 4.69) is 10.1 Å². The Balaban J connectivity index is 1.69. The third kappa shape index (κ3) is 2.51. The fourth-order valence-corrected chi connectivity index (χ4v) is 3.51. The van der Waals surface area contributed by atoms with Crippen molar-refractivity contribution in [3.05, 3.63) is 55.5 Å². The molecule has 0 unspecified atom stereocenters. The predicted octanol–water partition coefficient (Wildman–Crippen LogP) is 4.74. The number of amides is 2. The highest BCUT2D eigenvalue weighted by atomic mass is 35.5. The molecule has 0 radical (unpaired) electrons. The first kappa shape index (κ1) is 17.4. The molecule has 7 nitrogen and oxygen atoms in total. The van der Waals surface area contributed by atoms with Gasteiger partial charge in [0.25, 0.3) is 11.8 Å². The topological polar surface area (TPSA) is 89.4 Å². The molecule has 26 heavy (non-hydrogen) atoms. The van der Waals surface area contributed by atoms with Gasteiger partial charge in [-0.15, -0.1) is 0 Å². The lowest BCUT2D eigenvalue weighted by atomic mass is 10.1. The van der Waals surface area contributed by atoms with Crippen molar-refractivity contribution in [3.63, 3.8) is 0 Å². The van der Waals surface area contributed by atoms with E-state index in [-0.39, 0.29) is 49.5 Å². The minimum absolute atomic E-state index is 0.0235. The molecule has 4 rings (SSSR count). The molecule has 1 aromatic carbocycles. The van der Waals surface area contributed by atoms with Crippen LogP contribution in [-0.2, 0) is 6.54 Å². The maximum absolute atomic E-state index is 12.6. The van der Waals surface area contributed by atoms with Crippen molar-refractivity contribution >= 4 is 58.2 Å². The van der Waals surface area contributed by atoms with Crippen LogP contribution in [0.25, 0.3) is 11.6 Å². The number of carbonyl (C=O) groups is 2. The first-order valence-corrected chi connectivity index (χ1v) is 8.50. The summed E-state index contributed by atoms with van der Waals surface area (Å²) < 4.78 is 10.2. The molecule has 1 aliphatic heterocycles. The first-order chi connectivity index (χ1) is 12.4. The molecule has 0 fully saturated rings. The Kier molecular flexibility index (Phi) is 4.19. The Morgan fingerprint density at radius 1 is 0.962 bits per heavy atom. The van der Waals surface area contributed by atoms with Crippen molar-refractivity contribution in [2.24, 2.45) is 0 Å². The van der Waals surface area contributed by atoms with Crippen LogP contribution in [0.1, 0.15) is 26.6 Å². The van der Waals surface area contributed by atoms with Gasteiger partial charge in [0.2, 0.25) is 11.7 Å². The summed E-state index contributed by atoms with van der Waals surface area (Å²) in [5.74, 6) is -0.785. The van der Waals surface area contributed by atoms with E-state index in [0.29, 0.717) is 5.76 Å². The molecule has 0 saturated carbocycles. The van der Waals surface area contributed by atoms with E-state index < -0.39 is 11.8 Å². The third-order valence-electron chi connectivity index (χ3n) is 3.69. The fourth-order valence-electron chi connectivity index (χ4n) is 2.50. The second-order valence-corrected chi connectivity index (χ2v) is 6.70. The van der Waals surface area contributed by atoms with Crippen LogP contribution in [0, 0.1) is 0 Å². The van der Waals surface area contributed by atoms with Gasteiger partial charge in [-0.1, -0.05) is 51.6 Å². The highest BCUT2D eigenvalue weighted by Gasteiger charge is 2.42. The Morgan fingerprint density at radius 2 is 1.58 bits per heavy atom. The second kappa shape index (κ2) is 6.28. The Morgan fingerprint density at radius 3 is 2.12 bits per heavy atom. The number of fused-ring (bicyclic) bond motifs is 1. The number of rotatable bonds is 3. The van der Waals surface area contributed by atoms with Crippen molar-refractivity contribution in [2.45, 2.75) is 6.54 Å². The Bertz CT molecular complexity index is 1010. The van der Waals surface area contributed by atoms with Gasteiger partial charge in [0.15, 0.2) is 5.76 Å². The van der Waals surface area contributed by atoms with E-state index in [1.165, 1.54) is 6.26 Å². The lowest BCUT2D eigenvalue weighted by molar-refractivity contribution is 0.0625. The van der Waals surface area contributed by atoms with Crippen molar-refractivity contribution < 1.29 is 18.5 Å². The Labute approximate surface area is 165 Å². The zero-order chi connectivity index (χ0) is 18.6. The molecule has 2 aromatic heterocycles. The van der Waals surface area contributed by atoms with E-state index in [4.69, 9.17) is 55.3 Å². The largest absolute Gasteiger partial charge is 0.461 e. The Hall–Kier alpha value is -2.06. The molecule has 11 heteroatoms. The van der Waals surface area contributed by atoms with E-state index >= 15 is 0 Å². The smallest absolute Gasteiger partial charge is 0.263 e. The van der Waals surface area contributed by atoms with Crippen LogP contribution in [-0.4, -0.2) is 26.9 Å². The zero-order valence-corrected chi connectivity index (χ0v) is 15.4. The highest BCUT2D eigenvalue weighted by Crippen LogP contribution is 2.45. The molecule has 0 aliphatic carbocycles. The fraction of sp³-hybridized carbons (Fsp3) is 0.0667. The molecule has 0 spiro atoms. The number of benzene rings is 1. The minimum atomic E-state index is -0.687. The van der Waals surface area contributed by atoms with Crippen molar-refractivity contribution in [2.75, 3.05) is 0 Å². The van der Waals surface area contributed by atoms with Gasteiger partial charge in [0.05, 0.1) is 37.5 Å². The van der Waals surface area contributed by atoms with E-state index in [0.717, 1.165) is 4.90 Å². The lowest BCUT2D eigenvalue weighted by Crippen LogP contribution is -2.29. The van der Waals surface area contributed by atoms with Gasteiger partial charge < -0.3 is 8.94 Å². The summed E-state index contributed by atoms with van der Waals surface area (Å²) in [7, 11) is 0. The number of imide groups is 1. The maximum Gasteiger partial charge on any atom is 0.263 e. The summed E-state index contributed by atoms with van der Waals surface area (Å²) in [6, 6.07) is 3.30.